The average molecular weight is 241 g/mol. The summed E-state index contributed by atoms with van der Waals surface area (Å²) in [6, 6.07) is 0.612. The van der Waals surface area contributed by atoms with Crippen molar-refractivity contribution in [3.8, 4) is 0 Å². The Balaban J connectivity index is 1.89. The molecule has 1 aliphatic rings. The highest BCUT2D eigenvalue weighted by atomic mass is 32.2. The minimum Gasteiger partial charge on any atom is -0.362 e. The molecule has 1 saturated heterocycles. The second kappa shape index (κ2) is 5.51. The molecule has 0 amide bonds. The van der Waals surface area contributed by atoms with Crippen LogP contribution in [0.3, 0.4) is 0 Å². The largest absolute Gasteiger partial charge is 0.362 e. The normalized spacial score (nSPS) is 24.1. The third kappa shape index (κ3) is 3.21. The third-order valence-corrected chi connectivity index (χ3v) is 3.99. The Kier molecular flexibility index (Phi) is 4.02. The summed E-state index contributed by atoms with van der Waals surface area (Å²) in [7, 11) is 0. The third-order valence-electron chi connectivity index (χ3n) is 2.39. The van der Waals surface area contributed by atoms with Gasteiger partial charge in [-0.15, -0.1) is 11.3 Å². The molecule has 5 heteroatoms. The zero-order valence-corrected chi connectivity index (χ0v) is 10.4. The molecule has 0 bridgehead atoms. The van der Waals surface area contributed by atoms with Gasteiger partial charge in [-0.25, -0.2) is 4.98 Å². The van der Waals surface area contributed by atoms with Gasteiger partial charge in [0.2, 0.25) is 0 Å². The molecule has 2 heterocycles. The Bertz CT molecular complexity index is 321. The lowest BCUT2D eigenvalue weighted by molar-refractivity contribution is 0.570. The van der Waals surface area contributed by atoms with Crippen LogP contribution in [0.2, 0.25) is 0 Å². The molecule has 3 nitrogen and oxygen atoms in total. The lowest BCUT2D eigenvalue weighted by atomic mass is 10.2. The molecular weight excluding hydrogens is 226 g/mol. The van der Waals surface area contributed by atoms with E-state index in [4.69, 9.17) is 0 Å². The van der Waals surface area contributed by atoms with Crippen molar-refractivity contribution in [2.45, 2.75) is 32.4 Å². The van der Waals surface area contributed by atoms with Crippen LogP contribution in [0.4, 0.5) is 0 Å². The number of hydrogen-bond acceptors (Lipinski definition) is 4. The molecule has 1 aliphatic heterocycles. The van der Waals surface area contributed by atoms with E-state index in [1.807, 2.05) is 17.3 Å². The minimum atomic E-state index is 0.612. The highest BCUT2D eigenvalue weighted by molar-refractivity contribution is 8.13. The Hall–Kier alpha value is -0.550. The second-order valence-electron chi connectivity index (χ2n) is 3.49. The van der Waals surface area contributed by atoms with Crippen LogP contribution in [0, 0.1) is 0 Å². The molecule has 0 aliphatic carbocycles. The van der Waals surface area contributed by atoms with E-state index < -0.39 is 0 Å². The Morgan fingerprint density at radius 3 is 3.33 bits per heavy atom. The van der Waals surface area contributed by atoms with Gasteiger partial charge in [0.15, 0.2) is 5.17 Å². The van der Waals surface area contributed by atoms with Gasteiger partial charge in [0, 0.05) is 17.2 Å². The predicted octanol–water partition coefficient (Wildman–Crippen LogP) is 2.50. The first-order valence-corrected chi connectivity index (χ1v) is 7.12. The van der Waals surface area contributed by atoms with Gasteiger partial charge in [-0.1, -0.05) is 18.7 Å². The fraction of sp³-hybridized carbons (Fsp3) is 0.600. The van der Waals surface area contributed by atoms with Crippen LogP contribution in [-0.4, -0.2) is 21.9 Å². The summed E-state index contributed by atoms with van der Waals surface area (Å²) < 4.78 is 0. The van der Waals surface area contributed by atoms with E-state index in [1.54, 1.807) is 11.3 Å². The number of nitrogens with one attached hydrogen (secondary N) is 1. The SMILES string of the molecule is CCC1CCSC(=NCc2cscn2)N1. The topological polar surface area (TPSA) is 37.3 Å². The van der Waals surface area contributed by atoms with Crippen LogP contribution in [0.1, 0.15) is 25.5 Å². The number of aromatic nitrogens is 1. The van der Waals surface area contributed by atoms with Crippen LogP contribution < -0.4 is 5.32 Å². The van der Waals surface area contributed by atoms with Crippen molar-refractivity contribution in [1.29, 1.82) is 0 Å². The summed E-state index contributed by atoms with van der Waals surface area (Å²) in [6.07, 6.45) is 2.42. The lowest BCUT2D eigenvalue weighted by Crippen LogP contribution is -2.37. The maximum absolute atomic E-state index is 4.54. The van der Waals surface area contributed by atoms with Crippen LogP contribution >= 0.6 is 23.1 Å². The molecule has 0 radical (unpaired) electrons. The van der Waals surface area contributed by atoms with Crippen molar-refractivity contribution in [3.05, 3.63) is 16.6 Å². The molecule has 1 aromatic heterocycles. The molecule has 0 aromatic carbocycles. The van der Waals surface area contributed by atoms with E-state index in [0.29, 0.717) is 12.6 Å². The van der Waals surface area contributed by atoms with E-state index in [-0.39, 0.29) is 0 Å². The number of nitrogens with zero attached hydrogens (tertiary/aromatic N) is 2. The van der Waals surface area contributed by atoms with E-state index in [1.165, 1.54) is 18.6 Å². The molecule has 2 rings (SSSR count). The number of amidine groups is 1. The lowest BCUT2D eigenvalue weighted by Gasteiger charge is -2.24. The van der Waals surface area contributed by atoms with Crippen molar-refractivity contribution < 1.29 is 0 Å². The second-order valence-corrected chi connectivity index (χ2v) is 5.29. The quantitative estimate of drug-likeness (QED) is 0.883. The first kappa shape index (κ1) is 11.0. The molecule has 0 spiro atoms. The first-order valence-electron chi connectivity index (χ1n) is 5.19. The number of aliphatic imine (C=N–C) groups is 1. The fourth-order valence-corrected chi connectivity index (χ4v) is 3.00. The zero-order chi connectivity index (χ0) is 10.5. The Morgan fingerprint density at radius 2 is 2.60 bits per heavy atom. The van der Waals surface area contributed by atoms with E-state index >= 15 is 0 Å². The van der Waals surface area contributed by atoms with Gasteiger partial charge in [0.1, 0.15) is 0 Å². The standard InChI is InChI=1S/C10H15N3S2/c1-2-8-3-4-15-10(13-8)11-5-9-6-14-7-12-9/h6-8H,2-5H2,1H3,(H,11,13). The van der Waals surface area contributed by atoms with Gasteiger partial charge in [-0.05, 0) is 12.8 Å². The average Bonchev–Trinajstić information content (AvgIpc) is 2.79. The minimum absolute atomic E-state index is 0.612. The van der Waals surface area contributed by atoms with Crippen molar-refractivity contribution in [1.82, 2.24) is 10.3 Å². The van der Waals surface area contributed by atoms with Crippen LogP contribution in [0.5, 0.6) is 0 Å². The van der Waals surface area contributed by atoms with Crippen molar-refractivity contribution in [2.75, 3.05) is 5.75 Å². The zero-order valence-electron chi connectivity index (χ0n) is 8.77. The Morgan fingerprint density at radius 1 is 1.67 bits per heavy atom. The van der Waals surface area contributed by atoms with Crippen LogP contribution in [-0.2, 0) is 6.54 Å². The maximum Gasteiger partial charge on any atom is 0.157 e. The van der Waals surface area contributed by atoms with E-state index in [2.05, 4.69) is 27.6 Å². The van der Waals surface area contributed by atoms with Crippen LogP contribution in [0.25, 0.3) is 0 Å². The van der Waals surface area contributed by atoms with Gasteiger partial charge < -0.3 is 5.32 Å². The molecule has 1 fully saturated rings. The summed E-state index contributed by atoms with van der Waals surface area (Å²) in [5.74, 6) is 1.18. The summed E-state index contributed by atoms with van der Waals surface area (Å²) in [5.41, 5.74) is 2.92. The highest BCUT2D eigenvalue weighted by Gasteiger charge is 2.15. The summed E-state index contributed by atoms with van der Waals surface area (Å²) in [4.78, 5) is 8.75. The summed E-state index contributed by atoms with van der Waals surface area (Å²) >= 11 is 3.44. The summed E-state index contributed by atoms with van der Waals surface area (Å²) in [5, 5.41) is 6.59. The monoisotopic (exact) mass is 241 g/mol. The molecule has 0 saturated carbocycles. The molecule has 1 aromatic rings. The number of hydrogen-bond donors (Lipinski definition) is 1. The maximum atomic E-state index is 4.54. The smallest absolute Gasteiger partial charge is 0.157 e. The van der Waals surface area contributed by atoms with Gasteiger partial charge in [-0.3, -0.25) is 4.99 Å². The first-order chi connectivity index (χ1) is 7.38. The van der Waals surface area contributed by atoms with E-state index in [0.717, 1.165) is 10.9 Å². The molecule has 1 atom stereocenters. The number of thioether (sulfide) groups is 1. The molecule has 15 heavy (non-hydrogen) atoms. The summed E-state index contributed by atoms with van der Waals surface area (Å²) in [6.45, 7) is 2.92. The van der Waals surface area contributed by atoms with Crippen molar-refractivity contribution in [3.63, 3.8) is 0 Å². The fourth-order valence-electron chi connectivity index (χ4n) is 1.45. The molecule has 82 valence electrons. The number of rotatable bonds is 3. The van der Waals surface area contributed by atoms with Crippen molar-refractivity contribution >= 4 is 28.3 Å². The van der Waals surface area contributed by atoms with E-state index in [9.17, 15) is 0 Å². The van der Waals surface area contributed by atoms with Gasteiger partial charge in [-0.2, -0.15) is 0 Å². The predicted molar refractivity (Wildman–Crippen MR) is 67.5 cm³/mol. The van der Waals surface area contributed by atoms with Gasteiger partial charge >= 0.3 is 0 Å². The Labute approximate surface area is 98.4 Å². The van der Waals surface area contributed by atoms with Gasteiger partial charge in [0.25, 0.3) is 0 Å². The van der Waals surface area contributed by atoms with Gasteiger partial charge in [0.05, 0.1) is 17.7 Å². The van der Waals surface area contributed by atoms with Crippen LogP contribution in [0.15, 0.2) is 15.9 Å². The van der Waals surface area contributed by atoms with Crippen molar-refractivity contribution in [2.24, 2.45) is 4.99 Å². The molecule has 1 unspecified atom stereocenters. The number of thiazole rings is 1. The highest BCUT2D eigenvalue weighted by Crippen LogP contribution is 2.16. The molecular formula is C10H15N3S2. The molecule has 1 N–H and O–H groups in total.